The maximum Gasteiger partial charge on any atom is 0.231 e. The molecule has 2 rings (SSSR count). The highest BCUT2D eigenvalue weighted by atomic mass is 16.1. The minimum atomic E-state index is -0.113. The number of pyridine rings is 1. The van der Waals surface area contributed by atoms with E-state index in [2.05, 4.69) is 20.3 Å². The Morgan fingerprint density at radius 3 is 3.07 bits per heavy atom. The second kappa shape index (κ2) is 4.36. The van der Waals surface area contributed by atoms with Crippen molar-refractivity contribution in [1.29, 1.82) is 0 Å². The Balaban J connectivity index is 1.94. The molecule has 0 aliphatic rings. The Kier molecular flexibility index (Phi) is 2.73. The topological polar surface area (TPSA) is 70.7 Å². The van der Waals surface area contributed by atoms with Gasteiger partial charge in [-0.05, 0) is 11.6 Å². The van der Waals surface area contributed by atoms with Crippen LogP contribution in [0.3, 0.4) is 0 Å². The maximum absolute atomic E-state index is 11.5. The van der Waals surface area contributed by atoms with Gasteiger partial charge in [0.1, 0.15) is 0 Å². The van der Waals surface area contributed by atoms with E-state index in [0.717, 1.165) is 5.56 Å². The SMILES string of the molecule is O=C(Cc1cccnc1)Nc1ncc[nH]1. The van der Waals surface area contributed by atoms with Gasteiger partial charge in [-0.2, -0.15) is 0 Å². The zero-order chi connectivity index (χ0) is 10.5. The van der Waals surface area contributed by atoms with Gasteiger partial charge in [0, 0.05) is 24.8 Å². The molecule has 0 aliphatic carbocycles. The standard InChI is InChI=1S/C10H10N4O/c15-9(14-10-12-4-5-13-10)6-8-2-1-3-11-7-8/h1-5,7H,6H2,(H2,12,13,14,15). The largest absolute Gasteiger partial charge is 0.331 e. The van der Waals surface area contributed by atoms with Gasteiger partial charge in [0.05, 0.1) is 6.42 Å². The number of aromatic nitrogens is 3. The van der Waals surface area contributed by atoms with Gasteiger partial charge in [-0.15, -0.1) is 0 Å². The number of hydrogen-bond donors (Lipinski definition) is 2. The van der Waals surface area contributed by atoms with Crippen molar-refractivity contribution in [2.75, 3.05) is 5.32 Å². The van der Waals surface area contributed by atoms with Crippen LogP contribution in [0.5, 0.6) is 0 Å². The molecule has 0 radical (unpaired) electrons. The summed E-state index contributed by atoms with van der Waals surface area (Å²) in [6.07, 6.45) is 6.88. The Morgan fingerprint density at radius 1 is 1.47 bits per heavy atom. The Hall–Kier alpha value is -2.17. The molecule has 0 saturated carbocycles. The Morgan fingerprint density at radius 2 is 2.40 bits per heavy atom. The summed E-state index contributed by atoms with van der Waals surface area (Å²) in [5.74, 6) is 0.349. The van der Waals surface area contributed by atoms with Crippen LogP contribution < -0.4 is 5.32 Å². The molecular formula is C10H10N4O. The fourth-order valence-corrected chi connectivity index (χ4v) is 1.20. The van der Waals surface area contributed by atoms with Crippen LogP contribution in [0.1, 0.15) is 5.56 Å². The Labute approximate surface area is 86.6 Å². The molecule has 76 valence electrons. The van der Waals surface area contributed by atoms with E-state index in [0.29, 0.717) is 12.4 Å². The van der Waals surface area contributed by atoms with Crippen molar-refractivity contribution >= 4 is 11.9 Å². The summed E-state index contributed by atoms with van der Waals surface area (Å²) in [6, 6.07) is 3.66. The molecule has 0 aliphatic heterocycles. The van der Waals surface area contributed by atoms with Crippen molar-refractivity contribution in [3.63, 3.8) is 0 Å². The number of aromatic amines is 1. The quantitative estimate of drug-likeness (QED) is 0.779. The highest BCUT2D eigenvalue weighted by Gasteiger charge is 2.04. The highest BCUT2D eigenvalue weighted by molar-refractivity contribution is 5.90. The van der Waals surface area contributed by atoms with Gasteiger partial charge in [0.25, 0.3) is 0 Å². The molecule has 15 heavy (non-hydrogen) atoms. The van der Waals surface area contributed by atoms with E-state index in [1.165, 1.54) is 0 Å². The number of nitrogens with zero attached hydrogens (tertiary/aromatic N) is 2. The zero-order valence-corrected chi connectivity index (χ0v) is 7.97. The number of carbonyl (C=O) groups is 1. The predicted octanol–water partition coefficient (Wildman–Crippen LogP) is 0.986. The normalized spacial score (nSPS) is 9.87. The van der Waals surface area contributed by atoms with Crippen molar-refractivity contribution < 1.29 is 4.79 Å². The van der Waals surface area contributed by atoms with Crippen LogP contribution >= 0.6 is 0 Å². The lowest BCUT2D eigenvalue weighted by Gasteiger charge is -2.00. The fraction of sp³-hybridized carbons (Fsp3) is 0.100. The first kappa shape index (κ1) is 9.39. The van der Waals surface area contributed by atoms with Gasteiger partial charge in [-0.1, -0.05) is 6.07 Å². The molecule has 2 aromatic heterocycles. The molecule has 0 unspecified atom stereocenters. The van der Waals surface area contributed by atoms with E-state index in [1.54, 1.807) is 30.9 Å². The molecule has 2 aromatic rings. The first-order chi connectivity index (χ1) is 7.34. The van der Waals surface area contributed by atoms with E-state index < -0.39 is 0 Å². The third-order valence-electron chi connectivity index (χ3n) is 1.84. The molecule has 0 fully saturated rings. The van der Waals surface area contributed by atoms with Gasteiger partial charge in [-0.3, -0.25) is 15.1 Å². The summed E-state index contributed by atoms with van der Waals surface area (Å²) < 4.78 is 0. The van der Waals surface area contributed by atoms with E-state index in [4.69, 9.17) is 0 Å². The number of imidazole rings is 1. The molecule has 0 saturated heterocycles. The first-order valence-corrected chi connectivity index (χ1v) is 4.53. The summed E-state index contributed by atoms with van der Waals surface area (Å²) in [5, 5.41) is 2.64. The number of nitrogens with one attached hydrogen (secondary N) is 2. The lowest BCUT2D eigenvalue weighted by molar-refractivity contribution is -0.115. The number of anilines is 1. The number of H-pyrrole nitrogens is 1. The van der Waals surface area contributed by atoms with Gasteiger partial charge >= 0.3 is 0 Å². The third kappa shape index (κ3) is 2.63. The molecule has 0 bridgehead atoms. The smallest absolute Gasteiger partial charge is 0.231 e. The van der Waals surface area contributed by atoms with E-state index in [9.17, 15) is 4.79 Å². The number of hydrogen-bond acceptors (Lipinski definition) is 3. The van der Waals surface area contributed by atoms with Crippen molar-refractivity contribution in [3.05, 3.63) is 42.5 Å². The maximum atomic E-state index is 11.5. The Bertz CT molecular complexity index is 424. The molecule has 2 heterocycles. The predicted molar refractivity (Wildman–Crippen MR) is 55.2 cm³/mol. The third-order valence-corrected chi connectivity index (χ3v) is 1.84. The highest BCUT2D eigenvalue weighted by Crippen LogP contribution is 2.00. The van der Waals surface area contributed by atoms with E-state index >= 15 is 0 Å². The zero-order valence-electron chi connectivity index (χ0n) is 7.97. The van der Waals surface area contributed by atoms with Crippen molar-refractivity contribution in [2.24, 2.45) is 0 Å². The number of amides is 1. The van der Waals surface area contributed by atoms with Crippen molar-refractivity contribution in [2.45, 2.75) is 6.42 Å². The number of rotatable bonds is 3. The van der Waals surface area contributed by atoms with E-state index in [-0.39, 0.29) is 5.91 Å². The van der Waals surface area contributed by atoms with Gasteiger partial charge in [0.15, 0.2) is 0 Å². The van der Waals surface area contributed by atoms with Crippen molar-refractivity contribution in [1.82, 2.24) is 15.0 Å². The lowest BCUT2D eigenvalue weighted by atomic mass is 10.2. The van der Waals surface area contributed by atoms with Crippen LogP contribution in [0, 0.1) is 0 Å². The van der Waals surface area contributed by atoms with Gasteiger partial charge in [-0.25, -0.2) is 4.98 Å². The second-order valence-corrected chi connectivity index (χ2v) is 3.02. The van der Waals surface area contributed by atoms with E-state index in [1.807, 2.05) is 6.07 Å². The summed E-state index contributed by atoms with van der Waals surface area (Å²) in [5.41, 5.74) is 0.876. The summed E-state index contributed by atoms with van der Waals surface area (Å²) in [7, 11) is 0. The summed E-state index contributed by atoms with van der Waals surface area (Å²) in [6.45, 7) is 0. The molecule has 0 atom stereocenters. The first-order valence-electron chi connectivity index (χ1n) is 4.53. The van der Waals surface area contributed by atoms with Gasteiger partial charge in [0.2, 0.25) is 11.9 Å². The van der Waals surface area contributed by atoms with Crippen LogP contribution in [0.15, 0.2) is 36.9 Å². The van der Waals surface area contributed by atoms with Crippen LogP contribution in [0.25, 0.3) is 0 Å². The molecule has 5 heteroatoms. The van der Waals surface area contributed by atoms with Gasteiger partial charge < -0.3 is 4.98 Å². The molecular weight excluding hydrogens is 192 g/mol. The molecule has 0 spiro atoms. The molecule has 0 aromatic carbocycles. The van der Waals surface area contributed by atoms with Crippen LogP contribution in [0.2, 0.25) is 0 Å². The van der Waals surface area contributed by atoms with Crippen LogP contribution in [-0.4, -0.2) is 20.9 Å². The van der Waals surface area contributed by atoms with Crippen LogP contribution in [-0.2, 0) is 11.2 Å². The average molecular weight is 202 g/mol. The van der Waals surface area contributed by atoms with Crippen LogP contribution in [0.4, 0.5) is 5.95 Å². The minimum absolute atomic E-state index is 0.113. The molecule has 5 nitrogen and oxygen atoms in total. The molecule has 1 amide bonds. The monoisotopic (exact) mass is 202 g/mol. The average Bonchev–Trinajstić information content (AvgIpc) is 2.71. The number of carbonyl (C=O) groups excluding carboxylic acids is 1. The summed E-state index contributed by atoms with van der Waals surface area (Å²) in [4.78, 5) is 22.1. The fourth-order valence-electron chi connectivity index (χ4n) is 1.20. The summed E-state index contributed by atoms with van der Waals surface area (Å²) >= 11 is 0. The minimum Gasteiger partial charge on any atom is -0.331 e. The van der Waals surface area contributed by atoms with Crippen molar-refractivity contribution in [3.8, 4) is 0 Å². The molecule has 2 N–H and O–H groups in total. The second-order valence-electron chi connectivity index (χ2n) is 3.02. The lowest BCUT2D eigenvalue weighted by Crippen LogP contribution is -2.15.